The summed E-state index contributed by atoms with van der Waals surface area (Å²) >= 11 is 0. The first-order valence-corrected chi connectivity index (χ1v) is 6.33. The second-order valence-corrected chi connectivity index (χ2v) is 4.72. The number of piperazine rings is 1. The van der Waals surface area contributed by atoms with Gasteiger partial charge in [-0.2, -0.15) is 0 Å². The van der Waals surface area contributed by atoms with Gasteiger partial charge in [-0.1, -0.05) is 12.1 Å². The fourth-order valence-corrected chi connectivity index (χ4v) is 2.23. The maximum atomic E-state index is 12.2. The Morgan fingerprint density at radius 1 is 1.53 bits per heavy atom. The molecule has 1 atom stereocenters. The predicted octanol–water partition coefficient (Wildman–Crippen LogP) is 1.48. The topological polar surface area (TPSA) is 41.6 Å². The summed E-state index contributed by atoms with van der Waals surface area (Å²) in [6.45, 7) is 4.58. The van der Waals surface area contributed by atoms with E-state index in [0.717, 1.165) is 30.9 Å². The molecule has 0 unspecified atom stereocenters. The van der Waals surface area contributed by atoms with Crippen LogP contribution in [0.25, 0.3) is 0 Å². The molecule has 0 aromatic heterocycles. The van der Waals surface area contributed by atoms with Crippen molar-refractivity contribution in [1.29, 1.82) is 0 Å². The smallest absolute Gasteiger partial charge is 0.227 e. The normalized spacial score (nSPS) is 18.6. The standard InChI is InChI=1S/C14H20N2O2.ClH/c1-11-10-16(7-6-15-11)14(17)9-12-4-3-5-13(8-12)18-2;/h3-5,8,11,15H,6-7,9-10H2,1-2H3;1H/t11-;/m0./s1. The molecule has 1 N–H and O–H groups in total. The van der Waals surface area contributed by atoms with Gasteiger partial charge in [-0.15, -0.1) is 12.4 Å². The molecule has 0 bridgehead atoms. The average molecular weight is 285 g/mol. The van der Waals surface area contributed by atoms with Crippen LogP contribution >= 0.6 is 12.4 Å². The van der Waals surface area contributed by atoms with Gasteiger partial charge in [0.25, 0.3) is 0 Å². The lowest BCUT2D eigenvalue weighted by atomic mass is 10.1. The first-order valence-electron chi connectivity index (χ1n) is 6.33. The summed E-state index contributed by atoms with van der Waals surface area (Å²) in [5.74, 6) is 0.991. The second kappa shape index (κ2) is 7.36. The van der Waals surface area contributed by atoms with Crippen LogP contribution in [0.1, 0.15) is 12.5 Å². The molecule has 1 aliphatic heterocycles. The van der Waals surface area contributed by atoms with E-state index in [9.17, 15) is 4.79 Å². The number of ether oxygens (including phenoxy) is 1. The molecule has 1 aliphatic rings. The lowest BCUT2D eigenvalue weighted by molar-refractivity contribution is -0.131. The van der Waals surface area contributed by atoms with Crippen LogP contribution < -0.4 is 10.1 Å². The monoisotopic (exact) mass is 284 g/mol. The van der Waals surface area contributed by atoms with Gasteiger partial charge in [0.05, 0.1) is 13.5 Å². The molecule has 1 aromatic carbocycles. The fourth-order valence-electron chi connectivity index (χ4n) is 2.23. The predicted molar refractivity (Wildman–Crippen MR) is 78.0 cm³/mol. The van der Waals surface area contributed by atoms with Gasteiger partial charge in [0, 0.05) is 25.7 Å². The van der Waals surface area contributed by atoms with E-state index in [2.05, 4.69) is 12.2 Å². The zero-order valence-corrected chi connectivity index (χ0v) is 12.2. The number of hydrogen-bond donors (Lipinski definition) is 1. The van der Waals surface area contributed by atoms with Crippen molar-refractivity contribution >= 4 is 18.3 Å². The van der Waals surface area contributed by atoms with Gasteiger partial charge in [-0.05, 0) is 24.6 Å². The number of methoxy groups -OCH3 is 1. The van der Waals surface area contributed by atoms with E-state index < -0.39 is 0 Å². The third kappa shape index (κ3) is 4.40. The minimum absolute atomic E-state index is 0. The van der Waals surface area contributed by atoms with Crippen molar-refractivity contribution < 1.29 is 9.53 Å². The Hall–Kier alpha value is -1.26. The Morgan fingerprint density at radius 3 is 3.00 bits per heavy atom. The van der Waals surface area contributed by atoms with Gasteiger partial charge < -0.3 is 15.0 Å². The van der Waals surface area contributed by atoms with Crippen molar-refractivity contribution in [3.05, 3.63) is 29.8 Å². The lowest BCUT2D eigenvalue weighted by Gasteiger charge is -2.32. The third-order valence-corrected chi connectivity index (χ3v) is 3.21. The van der Waals surface area contributed by atoms with Crippen LogP contribution in [0.4, 0.5) is 0 Å². The Bertz CT molecular complexity index is 426. The Balaban J connectivity index is 0.00000180. The number of carbonyl (C=O) groups is 1. The van der Waals surface area contributed by atoms with Gasteiger partial charge in [0.1, 0.15) is 5.75 Å². The molecule has 0 aliphatic carbocycles. The number of nitrogens with zero attached hydrogens (tertiary/aromatic N) is 1. The fraction of sp³-hybridized carbons (Fsp3) is 0.500. The molecule has 1 saturated heterocycles. The number of rotatable bonds is 3. The molecule has 1 aromatic rings. The average Bonchev–Trinajstić information content (AvgIpc) is 2.39. The zero-order chi connectivity index (χ0) is 13.0. The molecule has 2 rings (SSSR count). The number of hydrogen-bond acceptors (Lipinski definition) is 3. The SMILES string of the molecule is COc1cccc(CC(=O)N2CCN[C@@H](C)C2)c1.Cl. The van der Waals surface area contributed by atoms with E-state index in [1.807, 2.05) is 29.2 Å². The van der Waals surface area contributed by atoms with E-state index in [0.29, 0.717) is 12.5 Å². The summed E-state index contributed by atoms with van der Waals surface area (Å²) in [6, 6.07) is 8.08. The van der Waals surface area contributed by atoms with Crippen molar-refractivity contribution in [1.82, 2.24) is 10.2 Å². The Labute approximate surface area is 120 Å². The Kier molecular flexibility index (Phi) is 6.12. The van der Waals surface area contributed by atoms with Crippen LogP contribution in [0.2, 0.25) is 0 Å². The largest absolute Gasteiger partial charge is 0.497 e. The summed E-state index contributed by atoms with van der Waals surface area (Å²) in [5.41, 5.74) is 1.01. The summed E-state index contributed by atoms with van der Waals surface area (Å²) in [6.07, 6.45) is 0.448. The van der Waals surface area contributed by atoms with Crippen molar-refractivity contribution in [2.75, 3.05) is 26.7 Å². The van der Waals surface area contributed by atoms with Gasteiger partial charge >= 0.3 is 0 Å². The molecule has 1 heterocycles. The van der Waals surface area contributed by atoms with Gasteiger partial charge in [0.2, 0.25) is 5.91 Å². The lowest BCUT2D eigenvalue weighted by Crippen LogP contribution is -2.51. The number of halogens is 1. The maximum Gasteiger partial charge on any atom is 0.227 e. The van der Waals surface area contributed by atoms with Gasteiger partial charge in [0.15, 0.2) is 0 Å². The molecule has 1 amide bonds. The number of amides is 1. The number of carbonyl (C=O) groups excluding carboxylic acids is 1. The van der Waals surface area contributed by atoms with Crippen molar-refractivity contribution in [2.45, 2.75) is 19.4 Å². The summed E-state index contributed by atoms with van der Waals surface area (Å²) < 4.78 is 5.16. The van der Waals surface area contributed by atoms with Crippen LogP contribution in [0.5, 0.6) is 5.75 Å². The van der Waals surface area contributed by atoms with Crippen LogP contribution in [0.3, 0.4) is 0 Å². The van der Waals surface area contributed by atoms with Crippen molar-refractivity contribution in [3.8, 4) is 5.75 Å². The summed E-state index contributed by atoms with van der Waals surface area (Å²) in [5, 5.41) is 3.34. The molecule has 0 saturated carbocycles. The van der Waals surface area contributed by atoms with Crippen molar-refractivity contribution in [3.63, 3.8) is 0 Å². The van der Waals surface area contributed by atoms with Crippen LogP contribution in [-0.4, -0.2) is 43.6 Å². The first-order chi connectivity index (χ1) is 8.69. The molecular weight excluding hydrogens is 264 g/mol. The quantitative estimate of drug-likeness (QED) is 0.914. The maximum absolute atomic E-state index is 12.2. The molecule has 106 valence electrons. The van der Waals surface area contributed by atoms with Crippen molar-refractivity contribution in [2.24, 2.45) is 0 Å². The van der Waals surface area contributed by atoms with Crippen LogP contribution in [-0.2, 0) is 11.2 Å². The van der Waals surface area contributed by atoms with Crippen LogP contribution in [0.15, 0.2) is 24.3 Å². The first kappa shape index (κ1) is 15.8. The second-order valence-electron chi connectivity index (χ2n) is 4.72. The highest BCUT2D eigenvalue weighted by Gasteiger charge is 2.20. The molecule has 5 heteroatoms. The minimum atomic E-state index is 0. The number of benzene rings is 1. The highest BCUT2D eigenvalue weighted by molar-refractivity contribution is 5.85. The van der Waals surface area contributed by atoms with E-state index in [1.54, 1.807) is 7.11 Å². The van der Waals surface area contributed by atoms with E-state index in [1.165, 1.54) is 0 Å². The summed E-state index contributed by atoms with van der Waals surface area (Å²) in [7, 11) is 1.64. The Morgan fingerprint density at radius 2 is 2.32 bits per heavy atom. The molecule has 4 nitrogen and oxygen atoms in total. The highest BCUT2D eigenvalue weighted by Crippen LogP contribution is 2.14. The molecule has 0 spiro atoms. The summed E-state index contributed by atoms with van der Waals surface area (Å²) in [4.78, 5) is 14.1. The molecule has 1 fully saturated rings. The highest BCUT2D eigenvalue weighted by atomic mass is 35.5. The number of nitrogens with one attached hydrogen (secondary N) is 1. The minimum Gasteiger partial charge on any atom is -0.497 e. The van der Waals surface area contributed by atoms with E-state index in [-0.39, 0.29) is 18.3 Å². The van der Waals surface area contributed by atoms with Gasteiger partial charge in [-0.25, -0.2) is 0 Å². The molecular formula is C14H21ClN2O2. The van der Waals surface area contributed by atoms with E-state index >= 15 is 0 Å². The van der Waals surface area contributed by atoms with E-state index in [4.69, 9.17) is 4.74 Å². The third-order valence-electron chi connectivity index (χ3n) is 3.21. The van der Waals surface area contributed by atoms with Gasteiger partial charge in [-0.3, -0.25) is 4.79 Å². The molecule has 0 radical (unpaired) electrons. The molecule has 19 heavy (non-hydrogen) atoms. The zero-order valence-electron chi connectivity index (χ0n) is 11.4. The van der Waals surface area contributed by atoms with Crippen LogP contribution in [0, 0.1) is 0 Å².